The summed E-state index contributed by atoms with van der Waals surface area (Å²) >= 11 is 0. The maximum absolute atomic E-state index is 13.9. The van der Waals surface area contributed by atoms with Crippen molar-refractivity contribution in [3.63, 3.8) is 0 Å². The molecule has 0 unspecified atom stereocenters. The van der Waals surface area contributed by atoms with E-state index in [-0.39, 0.29) is 43.5 Å². The summed E-state index contributed by atoms with van der Waals surface area (Å²) in [5, 5.41) is 10.1. The molecule has 2 atom stereocenters. The Hall–Kier alpha value is -3.23. The molecule has 0 aliphatic heterocycles. The van der Waals surface area contributed by atoms with Crippen LogP contribution in [0.2, 0.25) is 0 Å². The molecule has 1 fully saturated rings. The van der Waals surface area contributed by atoms with Crippen molar-refractivity contribution in [3.8, 4) is 5.75 Å². The molecule has 1 aliphatic rings. The van der Waals surface area contributed by atoms with E-state index in [2.05, 4.69) is 0 Å². The minimum absolute atomic E-state index is 0.0979. The highest BCUT2D eigenvalue weighted by Crippen LogP contribution is 2.47. The molecule has 2 aromatic rings. The van der Waals surface area contributed by atoms with Gasteiger partial charge in [0.05, 0.1) is 42.4 Å². The van der Waals surface area contributed by atoms with E-state index in [9.17, 15) is 19.5 Å². The summed E-state index contributed by atoms with van der Waals surface area (Å²) in [5.41, 5.74) is 2.01. The lowest BCUT2D eigenvalue weighted by Gasteiger charge is -2.44. The highest BCUT2D eigenvalue weighted by atomic mass is 16.5. The number of hydrogen-bond donors (Lipinski definition) is 1. The zero-order valence-corrected chi connectivity index (χ0v) is 24.6. The molecule has 0 aromatic heterocycles. The molecule has 1 saturated carbocycles. The fourth-order valence-electron chi connectivity index (χ4n) is 5.57. The second-order valence-corrected chi connectivity index (χ2v) is 10.6. The van der Waals surface area contributed by atoms with E-state index in [1.807, 2.05) is 71.0 Å². The van der Waals surface area contributed by atoms with Gasteiger partial charge in [-0.1, -0.05) is 36.4 Å². The van der Waals surface area contributed by atoms with E-state index < -0.39 is 17.4 Å². The number of nitrogens with zero attached hydrogens (tertiary/aromatic N) is 1. The van der Waals surface area contributed by atoms with Crippen LogP contribution in [0.25, 0.3) is 0 Å². The van der Waals surface area contributed by atoms with Crippen LogP contribution < -0.4 is 4.74 Å². The largest absolute Gasteiger partial charge is 0.493 e. The van der Waals surface area contributed by atoms with E-state index in [1.165, 1.54) is 6.92 Å². The molecule has 0 spiro atoms. The minimum Gasteiger partial charge on any atom is -0.493 e. The van der Waals surface area contributed by atoms with Crippen LogP contribution in [0, 0.1) is 12.3 Å². The SMILES string of the molecule is CCOc1c(C(C)=O)ccc([C@@H](C)N(CCO[C@@H](C)c2ccccc2)C(=O)CC2(C(=O)O)CC(OCC)C2)c1C. The van der Waals surface area contributed by atoms with Gasteiger partial charge in [-0.15, -0.1) is 0 Å². The lowest BCUT2D eigenvalue weighted by atomic mass is 9.64. The monoisotopic (exact) mass is 553 g/mol. The molecular weight excluding hydrogens is 510 g/mol. The second kappa shape index (κ2) is 13.9. The molecule has 0 radical (unpaired) electrons. The maximum atomic E-state index is 13.9. The van der Waals surface area contributed by atoms with Crippen molar-refractivity contribution >= 4 is 17.7 Å². The fraction of sp³-hybridized carbons (Fsp3) is 0.531. The highest BCUT2D eigenvalue weighted by Gasteiger charge is 2.53. The van der Waals surface area contributed by atoms with Gasteiger partial charge in [-0.3, -0.25) is 14.4 Å². The smallest absolute Gasteiger partial charge is 0.310 e. The van der Waals surface area contributed by atoms with Gasteiger partial charge in [0.2, 0.25) is 5.91 Å². The van der Waals surface area contributed by atoms with E-state index >= 15 is 0 Å². The minimum atomic E-state index is -1.14. The summed E-state index contributed by atoms with van der Waals surface area (Å²) in [6, 6.07) is 13.0. The van der Waals surface area contributed by atoms with Gasteiger partial charge in [-0.25, -0.2) is 0 Å². The number of carbonyl (C=O) groups excluding carboxylic acids is 2. The van der Waals surface area contributed by atoms with E-state index in [0.29, 0.717) is 37.4 Å². The zero-order chi connectivity index (χ0) is 29.4. The van der Waals surface area contributed by atoms with Crippen LogP contribution in [0.15, 0.2) is 42.5 Å². The Labute approximate surface area is 237 Å². The van der Waals surface area contributed by atoms with Crippen molar-refractivity contribution in [1.29, 1.82) is 0 Å². The Bertz CT molecular complexity index is 1170. The molecule has 8 heteroatoms. The summed E-state index contributed by atoms with van der Waals surface area (Å²) in [4.78, 5) is 40.1. The third kappa shape index (κ3) is 7.09. The van der Waals surface area contributed by atoms with Crippen molar-refractivity contribution in [2.24, 2.45) is 5.41 Å². The molecule has 1 amide bonds. The standard InChI is InChI=1S/C32H43NO7/c1-7-38-26-18-32(19-26,31(36)37)20-29(35)33(16-17-40-24(6)25-12-10-9-11-13-25)22(4)27-14-15-28(23(5)34)30(21(27)3)39-8-2/h9-15,22,24,26H,7-8,16-20H2,1-6H3,(H,36,37)/t22-,24+,26?,32?/m1/s1. The second-order valence-electron chi connectivity index (χ2n) is 10.6. The third-order valence-electron chi connectivity index (χ3n) is 7.91. The van der Waals surface area contributed by atoms with Gasteiger partial charge in [0, 0.05) is 19.6 Å². The first kappa shape index (κ1) is 31.3. The molecule has 0 saturated heterocycles. The highest BCUT2D eigenvalue weighted by molar-refractivity contribution is 5.97. The van der Waals surface area contributed by atoms with Gasteiger partial charge >= 0.3 is 5.97 Å². The number of carboxylic acid groups (broad SMARTS) is 1. The van der Waals surface area contributed by atoms with Gasteiger partial charge in [-0.05, 0) is 77.1 Å². The predicted molar refractivity (Wildman–Crippen MR) is 153 cm³/mol. The first-order valence-corrected chi connectivity index (χ1v) is 14.1. The van der Waals surface area contributed by atoms with Crippen LogP contribution in [-0.2, 0) is 19.1 Å². The summed E-state index contributed by atoms with van der Waals surface area (Å²) in [5.74, 6) is -0.812. The van der Waals surface area contributed by atoms with Crippen LogP contribution in [0.4, 0.5) is 0 Å². The number of carbonyl (C=O) groups is 3. The van der Waals surface area contributed by atoms with Crippen LogP contribution >= 0.6 is 0 Å². The van der Waals surface area contributed by atoms with Gasteiger partial charge in [-0.2, -0.15) is 0 Å². The predicted octanol–water partition coefficient (Wildman–Crippen LogP) is 5.92. The van der Waals surface area contributed by atoms with Crippen molar-refractivity contribution in [2.45, 2.75) is 79.1 Å². The summed E-state index contributed by atoms with van der Waals surface area (Å²) < 4.78 is 17.6. The number of ketones is 1. The molecule has 0 heterocycles. The van der Waals surface area contributed by atoms with Crippen molar-refractivity contribution in [1.82, 2.24) is 4.90 Å². The van der Waals surface area contributed by atoms with Crippen LogP contribution in [0.3, 0.4) is 0 Å². The summed E-state index contributed by atoms with van der Waals surface area (Å²) in [6.45, 7) is 12.5. The Balaban J connectivity index is 1.88. The molecule has 8 nitrogen and oxygen atoms in total. The molecule has 3 rings (SSSR count). The van der Waals surface area contributed by atoms with E-state index in [0.717, 1.165) is 16.7 Å². The lowest BCUT2D eigenvalue weighted by molar-refractivity contribution is -0.172. The molecular formula is C32H43NO7. The number of Topliss-reactive ketones (excluding diaryl/α,β-unsaturated/α-hetero) is 1. The van der Waals surface area contributed by atoms with Gasteiger partial charge in [0.15, 0.2) is 5.78 Å². The zero-order valence-electron chi connectivity index (χ0n) is 24.6. The number of benzene rings is 2. The van der Waals surface area contributed by atoms with Gasteiger partial charge in [0.1, 0.15) is 5.75 Å². The molecule has 1 aliphatic carbocycles. The fourth-order valence-corrected chi connectivity index (χ4v) is 5.57. The Morgan fingerprint density at radius 1 is 1.05 bits per heavy atom. The van der Waals surface area contributed by atoms with Gasteiger partial charge in [0.25, 0.3) is 0 Å². The van der Waals surface area contributed by atoms with Gasteiger partial charge < -0.3 is 24.2 Å². The summed E-state index contributed by atoms with van der Waals surface area (Å²) in [7, 11) is 0. The Morgan fingerprint density at radius 2 is 1.73 bits per heavy atom. The molecule has 0 bridgehead atoms. The molecule has 2 aromatic carbocycles. The Morgan fingerprint density at radius 3 is 2.30 bits per heavy atom. The number of rotatable bonds is 15. The van der Waals surface area contributed by atoms with Crippen LogP contribution in [0.5, 0.6) is 5.75 Å². The normalized spacial score (nSPS) is 19.8. The quantitative estimate of drug-likeness (QED) is 0.273. The number of hydrogen-bond acceptors (Lipinski definition) is 6. The third-order valence-corrected chi connectivity index (χ3v) is 7.91. The topological polar surface area (TPSA) is 102 Å². The first-order chi connectivity index (χ1) is 19.0. The first-order valence-electron chi connectivity index (χ1n) is 14.1. The number of carboxylic acids is 1. The number of aliphatic carboxylic acids is 1. The molecule has 40 heavy (non-hydrogen) atoms. The number of amides is 1. The molecule has 1 N–H and O–H groups in total. The van der Waals surface area contributed by atoms with Crippen LogP contribution in [-0.4, -0.2) is 60.1 Å². The average molecular weight is 554 g/mol. The summed E-state index contributed by atoms with van der Waals surface area (Å²) in [6.07, 6.45) is 0.190. The molecule has 218 valence electrons. The van der Waals surface area contributed by atoms with Crippen LogP contribution in [0.1, 0.15) is 93.1 Å². The van der Waals surface area contributed by atoms with E-state index in [4.69, 9.17) is 14.2 Å². The average Bonchev–Trinajstić information content (AvgIpc) is 2.90. The maximum Gasteiger partial charge on any atom is 0.310 e. The number of ether oxygens (including phenoxy) is 3. The van der Waals surface area contributed by atoms with Crippen molar-refractivity contribution in [2.75, 3.05) is 26.4 Å². The Kier molecular flexibility index (Phi) is 10.9. The van der Waals surface area contributed by atoms with Crippen molar-refractivity contribution < 1.29 is 33.7 Å². The van der Waals surface area contributed by atoms with E-state index in [1.54, 1.807) is 11.0 Å². The lowest BCUT2D eigenvalue weighted by Crippen LogP contribution is -2.51. The van der Waals surface area contributed by atoms with Crippen molar-refractivity contribution in [3.05, 3.63) is 64.7 Å².